The molecule has 5 atom stereocenters. The van der Waals surface area contributed by atoms with Crippen molar-refractivity contribution in [3.05, 3.63) is 59.2 Å². The summed E-state index contributed by atoms with van der Waals surface area (Å²) in [5.41, 5.74) is 5.66. The zero-order valence-electron chi connectivity index (χ0n) is 23.1. The van der Waals surface area contributed by atoms with Crippen LogP contribution in [0.1, 0.15) is 73.6 Å². The Bertz CT molecular complexity index is 1370. The van der Waals surface area contributed by atoms with Crippen molar-refractivity contribution >= 4 is 17.8 Å². The predicted octanol–water partition coefficient (Wildman–Crippen LogP) is 3.45. The van der Waals surface area contributed by atoms with Crippen LogP contribution in [0.2, 0.25) is 0 Å². The van der Waals surface area contributed by atoms with Gasteiger partial charge in [0, 0.05) is 23.1 Å². The third-order valence-electron chi connectivity index (χ3n) is 7.97. The summed E-state index contributed by atoms with van der Waals surface area (Å²) >= 11 is 0. The van der Waals surface area contributed by atoms with E-state index in [0.717, 1.165) is 0 Å². The maximum atomic E-state index is 13.5. The second-order valence-electron chi connectivity index (χ2n) is 11.2. The van der Waals surface area contributed by atoms with Crippen LogP contribution < -0.4 is 20.5 Å². The molecule has 220 valence electrons. The highest BCUT2D eigenvalue weighted by Crippen LogP contribution is 2.42. The van der Waals surface area contributed by atoms with Gasteiger partial charge in [0.1, 0.15) is 29.8 Å². The Morgan fingerprint density at radius 2 is 2.00 bits per heavy atom. The van der Waals surface area contributed by atoms with E-state index in [-0.39, 0.29) is 36.9 Å². The van der Waals surface area contributed by atoms with E-state index in [1.54, 1.807) is 43.3 Å². The number of rotatable bonds is 7. The summed E-state index contributed by atoms with van der Waals surface area (Å²) in [5, 5.41) is 13.9. The van der Waals surface area contributed by atoms with Crippen LogP contribution in [-0.2, 0) is 9.53 Å². The van der Waals surface area contributed by atoms with Crippen LogP contribution in [0.15, 0.2) is 47.5 Å². The SMILES string of the molecule is CC[C@]1(C)CC(=O)N([C@@H]2C[C@@H](COC(F)F)Oc3ccc(C(=O)N[C@H]4c5ccccc5OC[C@@]4(C)O)cc32)C(N)=N1. The van der Waals surface area contributed by atoms with Gasteiger partial charge in [-0.05, 0) is 44.5 Å². The number of benzene rings is 2. The van der Waals surface area contributed by atoms with E-state index in [1.165, 1.54) is 11.0 Å². The average molecular weight is 573 g/mol. The molecule has 0 radical (unpaired) electrons. The van der Waals surface area contributed by atoms with Crippen LogP contribution >= 0.6 is 0 Å². The molecule has 5 rings (SSSR count). The predicted molar refractivity (Wildman–Crippen MR) is 145 cm³/mol. The van der Waals surface area contributed by atoms with E-state index in [2.05, 4.69) is 15.0 Å². The molecule has 2 amide bonds. The molecule has 3 heterocycles. The molecule has 0 unspecified atom stereocenters. The molecule has 0 bridgehead atoms. The van der Waals surface area contributed by atoms with Crippen molar-refractivity contribution in [3.63, 3.8) is 0 Å². The fraction of sp³-hybridized carbons (Fsp3) is 0.483. The third kappa shape index (κ3) is 5.71. The second-order valence-corrected chi connectivity index (χ2v) is 11.2. The number of aliphatic hydroxyl groups is 1. The zero-order chi connectivity index (χ0) is 29.5. The summed E-state index contributed by atoms with van der Waals surface area (Å²) in [6.45, 7) is 1.95. The Morgan fingerprint density at radius 3 is 2.71 bits per heavy atom. The topological polar surface area (TPSA) is 136 Å². The number of halogens is 2. The summed E-state index contributed by atoms with van der Waals surface area (Å²) in [6.07, 6.45) is 0.0203. The minimum atomic E-state index is -2.98. The number of nitrogens with two attached hydrogens (primary N) is 1. The van der Waals surface area contributed by atoms with Crippen molar-refractivity contribution in [3.8, 4) is 11.5 Å². The molecule has 0 saturated heterocycles. The highest BCUT2D eigenvalue weighted by molar-refractivity contribution is 6.00. The standard InChI is InChI=1S/C29H34F2N4O6/c1-4-28(2)13-23(36)35(27(32)34-28)20-12-17(14-39-26(30)31)41-22-10-9-16(11-19(20)22)25(37)33-24-18-7-5-6-8-21(18)40-15-29(24,3)38/h5-11,17,20,24,26,38H,4,12-15H2,1-3H3,(H2,32,34)(H,33,37)/t17-,20+,24-,28+,29+/m0/s1. The van der Waals surface area contributed by atoms with Gasteiger partial charge in [0.2, 0.25) is 5.91 Å². The van der Waals surface area contributed by atoms with Crippen molar-refractivity contribution in [2.75, 3.05) is 13.2 Å². The third-order valence-corrected chi connectivity index (χ3v) is 7.97. The van der Waals surface area contributed by atoms with Crippen molar-refractivity contribution in [1.82, 2.24) is 10.2 Å². The number of hydrogen-bond acceptors (Lipinski definition) is 8. The summed E-state index contributed by atoms with van der Waals surface area (Å²) in [7, 11) is 0. The van der Waals surface area contributed by atoms with Crippen LogP contribution in [0.4, 0.5) is 8.78 Å². The van der Waals surface area contributed by atoms with Gasteiger partial charge in [-0.15, -0.1) is 0 Å². The Kier molecular flexibility index (Phi) is 7.64. The number of carbonyl (C=O) groups is 2. The smallest absolute Gasteiger partial charge is 0.345 e. The maximum Gasteiger partial charge on any atom is 0.345 e. The van der Waals surface area contributed by atoms with E-state index < -0.39 is 48.5 Å². The van der Waals surface area contributed by atoms with Crippen LogP contribution in [0.25, 0.3) is 0 Å². The zero-order valence-corrected chi connectivity index (χ0v) is 23.1. The van der Waals surface area contributed by atoms with Crippen LogP contribution in [0.5, 0.6) is 11.5 Å². The number of alkyl halides is 2. The number of fused-ring (bicyclic) bond motifs is 2. The van der Waals surface area contributed by atoms with Gasteiger partial charge < -0.3 is 30.4 Å². The molecule has 3 aliphatic heterocycles. The highest BCUT2D eigenvalue weighted by atomic mass is 19.3. The number of amides is 2. The molecular formula is C29H34F2N4O6. The molecule has 4 N–H and O–H groups in total. The van der Waals surface area contributed by atoms with E-state index in [0.29, 0.717) is 29.0 Å². The second kappa shape index (κ2) is 10.9. The lowest BCUT2D eigenvalue weighted by atomic mass is 9.87. The van der Waals surface area contributed by atoms with Gasteiger partial charge in [0.15, 0.2) is 5.96 Å². The molecule has 0 saturated carbocycles. The van der Waals surface area contributed by atoms with Crippen LogP contribution in [-0.4, -0.2) is 64.8 Å². The number of para-hydroxylation sites is 1. The lowest BCUT2D eigenvalue weighted by Gasteiger charge is -2.42. The number of carbonyl (C=O) groups excluding carboxylic acids is 2. The highest BCUT2D eigenvalue weighted by Gasteiger charge is 2.43. The van der Waals surface area contributed by atoms with Gasteiger partial charge in [-0.2, -0.15) is 8.78 Å². The molecule has 3 aliphatic rings. The minimum absolute atomic E-state index is 0.0104. The first-order valence-corrected chi connectivity index (χ1v) is 13.5. The van der Waals surface area contributed by atoms with Crippen molar-refractivity contribution in [2.24, 2.45) is 10.7 Å². The number of guanidine groups is 1. The molecule has 0 fully saturated rings. The summed E-state index contributed by atoms with van der Waals surface area (Å²) in [5.74, 6) is 0.160. The first kappa shape index (κ1) is 28.7. The van der Waals surface area contributed by atoms with Crippen LogP contribution in [0.3, 0.4) is 0 Å². The minimum Gasteiger partial charge on any atom is -0.490 e. The molecule has 0 spiro atoms. The van der Waals surface area contributed by atoms with Gasteiger partial charge in [-0.3, -0.25) is 14.5 Å². The van der Waals surface area contributed by atoms with E-state index >= 15 is 0 Å². The lowest BCUT2D eigenvalue weighted by molar-refractivity contribution is -0.149. The van der Waals surface area contributed by atoms with Crippen molar-refractivity contribution in [1.29, 1.82) is 0 Å². The molecule has 2 aromatic carbocycles. The molecule has 10 nitrogen and oxygen atoms in total. The summed E-state index contributed by atoms with van der Waals surface area (Å²) in [4.78, 5) is 32.9. The molecular weight excluding hydrogens is 538 g/mol. The molecule has 0 aliphatic carbocycles. The lowest BCUT2D eigenvalue weighted by Crippen LogP contribution is -2.53. The first-order chi connectivity index (χ1) is 19.4. The van der Waals surface area contributed by atoms with Gasteiger partial charge in [0.05, 0.1) is 30.7 Å². The van der Waals surface area contributed by atoms with Gasteiger partial charge >= 0.3 is 6.61 Å². The summed E-state index contributed by atoms with van der Waals surface area (Å²) in [6, 6.07) is 10.3. The monoisotopic (exact) mass is 572 g/mol. The van der Waals surface area contributed by atoms with Crippen molar-refractivity contribution < 1.29 is 37.7 Å². The quantitative estimate of drug-likeness (QED) is 0.463. The van der Waals surface area contributed by atoms with E-state index in [9.17, 15) is 23.5 Å². The fourth-order valence-electron chi connectivity index (χ4n) is 5.57. The molecule has 12 heteroatoms. The van der Waals surface area contributed by atoms with Gasteiger partial charge in [-0.25, -0.2) is 4.99 Å². The van der Waals surface area contributed by atoms with Crippen LogP contribution in [0, 0.1) is 0 Å². The fourth-order valence-corrected chi connectivity index (χ4v) is 5.57. The number of hydrogen-bond donors (Lipinski definition) is 3. The summed E-state index contributed by atoms with van der Waals surface area (Å²) < 4.78 is 41.7. The number of ether oxygens (including phenoxy) is 3. The Labute approximate surface area is 236 Å². The van der Waals surface area contributed by atoms with Gasteiger partial charge in [0.25, 0.3) is 5.91 Å². The average Bonchev–Trinajstić information content (AvgIpc) is 2.92. The first-order valence-electron chi connectivity index (χ1n) is 13.5. The Balaban J connectivity index is 1.48. The molecule has 2 aromatic rings. The number of nitrogens with zero attached hydrogens (tertiary/aromatic N) is 2. The largest absolute Gasteiger partial charge is 0.490 e. The Hall–Kier alpha value is -3.77. The van der Waals surface area contributed by atoms with Crippen molar-refractivity contribution in [2.45, 2.75) is 76.0 Å². The number of aliphatic imine (C=N–C) groups is 1. The van der Waals surface area contributed by atoms with E-state index in [4.69, 9.17) is 15.2 Å². The van der Waals surface area contributed by atoms with E-state index in [1.807, 2.05) is 13.8 Å². The normalized spacial score (nSPS) is 29.1. The number of nitrogens with one attached hydrogen (secondary N) is 1. The Morgan fingerprint density at radius 1 is 1.24 bits per heavy atom. The molecule has 0 aromatic heterocycles. The molecule has 41 heavy (non-hydrogen) atoms. The van der Waals surface area contributed by atoms with Gasteiger partial charge in [-0.1, -0.05) is 25.1 Å². The maximum absolute atomic E-state index is 13.5.